The van der Waals surface area contributed by atoms with E-state index in [9.17, 15) is 9.59 Å². The third kappa shape index (κ3) is 4.56. The first-order valence-electron chi connectivity index (χ1n) is 9.16. The Labute approximate surface area is 158 Å². The monoisotopic (exact) mass is 373 g/mol. The fraction of sp³-hybridized carbons (Fsp3) is 0.579. The maximum atomic E-state index is 12.8. The van der Waals surface area contributed by atoms with Crippen LogP contribution < -0.4 is 10.6 Å². The Kier molecular flexibility index (Phi) is 4.84. The molecular formula is C19H27N5O3. The van der Waals surface area contributed by atoms with Crippen molar-refractivity contribution in [1.29, 1.82) is 0 Å². The van der Waals surface area contributed by atoms with Crippen LogP contribution in [-0.4, -0.2) is 44.7 Å². The number of ether oxygens (including phenoxy) is 1. The summed E-state index contributed by atoms with van der Waals surface area (Å²) < 4.78 is 6.96. The molecule has 1 aromatic carbocycles. The van der Waals surface area contributed by atoms with Gasteiger partial charge in [0.25, 0.3) is 5.91 Å². The Hall–Kier alpha value is -2.64. The molecule has 0 radical (unpaired) electrons. The van der Waals surface area contributed by atoms with E-state index < -0.39 is 17.2 Å². The zero-order chi connectivity index (χ0) is 19.8. The van der Waals surface area contributed by atoms with Crippen molar-refractivity contribution in [2.45, 2.75) is 51.7 Å². The molecule has 0 spiro atoms. The van der Waals surface area contributed by atoms with Crippen molar-refractivity contribution >= 4 is 23.0 Å². The van der Waals surface area contributed by atoms with Gasteiger partial charge in [0.2, 0.25) is 0 Å². The third-order valence-corrected chi connectivity index (χ3v) is 4.75. The van der Waals surface area contributed by atoms with E-state index in [-0.39, 0.29) is 5.91 Å². The maximum absolute atomic E-state index is 12.8. The van der Waals surface area contributed by atoms with Gasteiger partial charge in [-0.2, -0.15) is 0 Å². The van der Waals surface area contributed by atoms with Crippen LogP contribution in [0.1, 0.15) is 50.9 Å². The molecule has 1 heterocycles. The number of fused-ring (bicyclic) bond motifs is 1. The second kappa shape index (κ2) is 6.83. The molecule has 1 fully saturated rings. The van der Waals surface area contributed by atoms with Crippen LogP contribution in [0.15, 0.2) is 18.2 Å². The van der Waals surface area contributed by atoms with Crippen molar-refractivity contribution in [3.8, 4) is 0 Å². The molecule has 0 bridgehead atoms. The average molecular weight is 373 g/mol. The highest BCUT2D eigenvalue weighted by Crippen LogP contribution is 2.39. The minimum Gasteiger partial charge on any atom is -0.444 e. The van der Waals surface area contributed by atoms with Gasteiger partial charge in [-0.1, -0.05) is 5.21 Å². The van der Waals surface area contributed by atoms with Crippen molar-refractivity contribution in [1.82, 2.24) is 25.6 Å². The van der Waals surface area contributed by atoms with E-state index in [1.54, 1.807) is 16.8 Å². The van der Waals surface area contributed by atoms with Gasteiger partial charge >= 0.3 is 6.09 Å². The highest BCUT2D eigenvalue weighted by atomic mass is 16.6. The van der Waals surface area contributed by atoms with Gasteiger partial charge in [0.05, 0.1) is 11.1 Å². The maximum Gasteiger partial charge on any atom is 0.407 e. The summed E-state index contributed by atoms with van der Waals surface area (Å²) in [7, 11) is 1.81. The van der Waals surface area contributed by atoms with Gasteiger partial charge in [-0.05, 0) is 64.7 Å². The standard InChI is InChI=1S/C19H27N5O3/c1-18(2,3)27-17(26)20-11-19(4,13-7-8-13)21-16(25)12-6-9-15-14(10-12)22-23-24(15)5/h6,9-10,13H,7-8,11H2,1-5H3,(H,20,26)(H,21,25). The normalized spacial score (nSPS) is 16.6. The SMILES string of the molecule is Cn1nnc2cc(C(=O)NC(C)(CNC(=O)OC(C)(C)C)C3CC3)ccc21. The van der Waals surface area contributed by atoms with E-state index >= 15 is 0 Å². The highest BCUT2D eigenvalue weighted by Gasteiger charge is 2.43. The molecule has 8 nitrogen and oxygen atoms in total. The Morgan fingerprint density at radius 3 is 2.59 bits per heavy atom. The lowest BCUT2D eigenvalue weighted by molar-refractivity contribution is 0.0502. The molecule has 1 aliphatic rings. The zero-order valence-corrected chi connectivity index (χ0v) is 16.5. The molecule has 146 valence electrons. The summed E-state index contributed by atoms with van der Waals surface area (Å²) in [6, 6.07) is 5.32. The molecule has 27 heavy (non-hydrogen) atoms. The molecule has 2 N–H and O–H groups in total. The zero-order valence-electron chi connectivity index (χ0n) is 16.5. The van der Waals surface area contributed by atoms with Crippen LogP contribution in [0.5, 0.6) is 0 Å². The van der Waals surface area contributed by atoms with E-state index in [1.165, 1.54) is 0 Å². The van der Waals surface area contributed by atoms with Crippen LogP contribution >= 0.6 is 0 Å². The predicted octanol–water partition coefficient (Wildman–Crippen LogP) is 2.39. The molecule has 1 aromatic heterocycles. The van der Waals surface area contributed by atoms with E-state index in [1.807, 2.05) is 40.8 Å². The lowest BCUT2D eigenvalue weighted by Crippen LogP contribution is -2.55. The number of hydrogen-bond donors (Lipinski definition) is 2. The molecular weight excluding hydrogens is 346 g/mol. The first kappa shape index (κ1) is 19.1. The molecule has 0 aliphatic heterocycles. The van der Waals surface area contributed by atoms with Gasteiger partial charge in [-0.15, -0.1) is 5.10 Å². The van der Waals surface area contributed by atoms with Crippen molar-refractivity contribution in [3.05, 3.63) is 23.8 Å². The molecule has 8 heteroatoms. The highest BCUT2D eigenvalue weighted by molar-refractivity contribution is 5.97. The summed E-state index contributed by atoms with van der Waals surface area (Å²) in [5, 5.41) is 13.9. The van der Waals surface area contributed by atoms with Crippen LogP contribution in [0.2, 0.25) is 0 Å². The summed E-state index contributed by atoms with van der Waals surface area (Å²) >= 11 is 0. The summed E-state index contributed by atoms with van der Waals surface area (Å²) in [6.07, 6.45) is 1.57. The Morgan fingerprint density at radius 2 is 1.96 bits per heavy atom. The molecule has 0 saturated heterocycles. The molecule has 2 aromatic rings. The number of amides is 2. The van der Waals surface area contributed by atoms with Crippen LogP contribution in [0.4, 0.5) is 4.79 Å². The predicted molar refractivity (Wildman–Crippen MR) is 101 cm³/mol. The lowest BCUT2D eigenvalue weighted by Gasteiger charge is -2.32. The molecule has 1 atom stereocenters. The van der Waals surface area contributed by atoms with E-state index in [4.69, 9.17) is 4.74 Å². The number of nitrogens with one attached hydrogen (secondary N) is 2. The number of nitrogens with zero attached hydrogens (tertiary/aromatic N) is 3. The number of aromatic nitrogens is 3. The van der Waals surface area contributed by atoms with E-state index in [2.05, 4.69) is 20.9 Å². The summed E-state index contributed by atoms with van der Waals surface area (Å²) in [5.74, 6) is 0.138. The topological polar surface area (TPSA) is 98.1 Å². The number of benzene rings is 1. The van der Waals surface area contributed by atoms with Crippen molar-refractivity contribution < 1.29 is 14.3 Å². The second-order valence-corrected chi connectivity index (χ2v) is 8.42. The van der Waals surface area contributed by atoms with Crippen LogP contribution in [0, 0.1) is 5.92 Å². The van der Waals surface area contributed by atoms with Crippen LogP contribution in [-0.2, 0) is 11.8 Å². The number of aryl methyl sites for hydroxylation is 1. The largest absolute Gasteiger partial charge is 0.444 e. The van der Waals surface area contributed by atoms with Crippen molar-refractivity contribution in [2.24, 2.45) is 13.0 Å². The van der Waals surface area contributed by atoms with Gasteiger partial charge in [-0.25, -0.2) is 9.48 Å². The fourth-order valence-electron chi connectivity index (χ4n) is 3.09. The number of alkyl carbamates (subject to hydrolysis) is 1. The number of carbonyl (C=O) groups is 2. The minimum atomic E-state index is -0.560. The Morgan fingerprint density at radius 1 is 1.26 bits per heavy atom. The summed E-state index contributed by atoms with van der Waals surface area (Å²) in [4.78, 5) is 24.8. The third-order valence-electron chi connectivity index (χ3n) is 4.75. The van der Waals surface area contributed by atoms with Gasteiger partial charge in [0.15, 0.2) is 0 Å². The van der Waals surface area contributed by atoms with Crippen molar-refractivity contribution in [2.75, 3.05) is 6.54 Å². The molecule has 3 rings (SSSR count). The summed E-state index contributed by atoms with van der Waals surface area (Å²) in [5.41, 5.74) is 0.959. The first-order chi connectivity index (χ1) is 12.6. The second-order valence-electron chi connectivity index (χ2n) is 8.42. The van der Waals surface area contributed by atoms with Gasteiger partial charge < -0.3 is 15.4 Å². The average Bonchev–Trinajstić information content (AvgIpc) is 3.36. The number of hydrogen-bond acceptors (Lipinski definition) is 5. The van der Waals surface area contributed by atoms with Crippen LogP contribution in [0.3, 0.4) is 0 Å². The number of carbonyl (C=O) groups excluding carboxylic acids is 2. The van der Waals surface area contributed by atoms with Gasteiger partial charge in [0, 0.05) is 19.2 Å². The van der Waals surface area contributed by atoms with Crippen molar-refractivity contribution in [3.63, 3.8) is 0 Å². The van der Waals surface area contributed by atoms with E-state index in [0.29, 0.717) is 23.5 Å². The molecule has 1 saturated carbocycles. The van der Waals surface area contributed by atoms with E-state index in [0.717, 1.165) is 18.4 Å². The fourth-order valence-corrected chi connectivity index (χ4v) is 3.09. The molecule has 2 amide bonds. The smallest absolute Gasteiger partial charge is 0.407 e. The lowest BCUT2D eigenvalue weighted by atomic mass is 9.95. The molecule has 1 unspecified atom stereocenters. The van der Waals surface area contributed by atoms with Gasteiger partial charge in [-0.3, -0.25) is 4.79 Å². The first-order valence-corrected chi connectivity index (χ1v) is 9.16. The Balaban J connectivity index is 1.69. The van der Waals surface area contributed by atoms with Crippen LogP contribution in [0.25, 0.3) is 11.0 Å². The molecule has 1 aliphatic carbocycles. The van der Waals surface area contributed by atoms with Gasteiger partial charge in [0.1, 0.15) is 11.1 Å². The minimum absolute atomic E-state index is 0.192. The summed E-state index contributed by atoms with van der Waals surface area (Å²) in [6.45, 7) is 7.72. The number of rotatable bonds is 5. The quantitative estimate of drug-likeness (QED) is 0.839. The Bertz CT molecular complexity index is 866.